The summed E-state index contributed by atoms with van der Waals surface area (Å²) < 4.78 is 10.9. The van der Waals surface area contributed by atoms with Gasteiger partial charge in [-0.2, -0.15) is 0 Å². The van der Waals surface area contributed by atoms with Crippen LogP contribution in [0.5, 0.6) is 11.5 Å². The first-order valence-electron chi connectivity index (χ1n) is 9.94. The van der Waals surface area contributed by atoms with Crippen molar-refractivity contribution in [3.05, 3.63) is 52.8 Å². The topological polar surface area (TPSA) is 97.9 Å². The van der Waals surface area contributed by atoms with Gasteiger partial charge in [0.15, 0.2) is 18.1 Å². The molecule has 1 saturated heterocycles. The van der Waals surface area contributed by atoms with Crippen molar-refractivity contribution in [2.24, 2.45) is 5.73 Å². The monoisotopic (exact) mass is 397 g/mol. The zero-order valence-electron chi connectivity index (χ0n) is 16.8. The molecular formula is C22H27N3O4. The number of nitrogens with two attached hydrogens (primary N) is 1. The maximum atomic E-state index is 10.9. The van der Waals surface area contributed by atoms with E-state index in [1.807, 2.05) is 24.4 Å². The van der Waals surface area contributed by atoms with Gasteiger partial charge in [-0.25, -0.2) is 4.79 Å². The fraction of sp³-hybridized carbons (Fsp3) is 0.455. The van der Waals surface area contributed by atoms with Gasteiger partial charge in [-0.1, -0.05) is 0 Å². The number of nitrogens with zero attached hydrogens (tertiary/aromatic N) is 2. The Morgan fingerprint density at radius 2 is 2.17 bits per heavy atom. The van der Waals surface area contributed by atoms with Gasteiger partial charge in [-0.3, -0.25) is 9.88 Å². The number of carboxylic acid groups (broad SMARTS) is 1. The molecule has 2 aromatic rings. The van der Waals surface area contributed by atoms with Gasteiger partial charge in [0.25, 0.3) is 0 Å². The lowest BCUT2D eigenvalue weighted by Gasteiger charge is -2.46. The summed E-state index contributed by atoms with van der Waals surface area (Å²) in [5.41, 5.74) is 11.3. The molecule has 29 heavy (non-hydrogen) atoms. The van der Waals surface area contributed by atoms with Gasteiger partial charge in [0.2, 0.25) is 0 Å². The highest BCUT2D eigenvalue weighted by atomic mass is 16.5. The SMILES string of the molecule is COc1cc2c(cc1OCC(=O)O)CCN1C[C@H](c3cc(C)ccn3)[C@@H](N)C[C@@H]21. The Balaban J connectivity index is 1.60. The van der Waals surface area contributed by atoms with Crippen LogP contribution in [0.1, 0.15) is 40.8 Å². The number of carboxylic acids is 1. The first-order chi connectivity index (χ1) is 14.0. The van der Waals surface area contributed by atoms with Crippen LogP contribution in [0.25, 0.3) is 0 Å². The van der Waals surface area contributed by atoms with E-state index in [4.69, 9.17) is 20.3 Å². The number of piperidine rings is 1. The summed E-state index contributed by atoms with van der Waals surface area (Å²) in [5.74, 6) is 0.240. The van der Waals surface area contributed by atoms with Crippen molar-refractivity contribution >= 4 is 5.97 Å². The molecule has 0 radical (unpaired) electrons. The zero-order valence-corrected chi connectivity index (χ0v) is 16.8. The number of aromatic nitrogens is 1. The van der Waals surface area contributed by atoms with E-state index in [0.717, 1.165) is 31.6 Å². The van der Waals surface area contributed by atoms with Crippen LogP contribution in [0.2, 0.25) is 0 Å². The second-order valence-electron chi connectivity index (χ2n) is 7.91. The quantitative estimate of drug-likeness (QED) is 0.799. The van der Waals surface area contributed by atoms with Crippen molar-refractivity contribution in [2.75, 3.05) is 26.8 Å². The molecule has 1 aromatic carbocycles. The Kier molecular flexibility index (Phi) is 5.43. The van der Waals surface area contributed by atoms with Crippen LogP contribution >= 0.6 is 0 Å². The summed E-state index contributed by atoms with van der Waals surface area (Å²) in [4.78, 5) is 17.9. The van der Waals surface area contributed by atoms with Gasteiger partial charge in [-0.05, 0) is 60.7 Å². The van der Waals surface area contributed by atoms with Gasteiger partial charge in [0, 0.05) is 43.0 Å². The summed E-state index contributed by atoms with van der Waals surface area (Å²) in [7, 11) is 1.57. The minimum absolute atomic E-state index is 0.0189. The average molecular weight is 397 g/mol. The molecule has 4 rings (SSSR count). The predicted molar refractivity (Wildman–Crippen MR) is 108 cm³/mol. The maximum Gasteiger partial charge on any atom is 0.341 e. The zero-order chi connectivity index (χ0) is 20.5. The lowest BCUT2D eigenvalue weighted by molar-refractivity contribution is -0.139. The Morgan fingerprint density at radius 3 is 2.90 bits per heavy atom. The highest BCUT2D eigenvalue weighted by Crippen LogP contribution is 2.44. The van der Waals surface area contributed by atoms with Crippen LogP contribution in [0.3, 0.4) is 0 Å². The lowest BCUT2D eigenvalue weighted by Crippen LogP contribution is -2.50. The van der Waals surface area contributed by atoms with Crippen LogP contribution in [0.4, 0.5) is 0 Å². The minimum atomic E-state index is -1.01. The largest absolute Gasteiger partial charge is 0.493 e. The van der Waals surface area contributed by atoms with Gasteiger partial charge < -0.3 is 20.3 Å². The second kappa shape index (κ2) is 8.00. The highest BCUT2D eigenvalue weighted by Gasteiger charge is 2.39. The Bertz CT molecular complexity index is 917. The molecule has 7 heteroatoms. The number of hydrogen-bond acceptors (Lipinski definition) is 6. The average Bonchev–Trinajstić information content (AvgIpc) is 2.71. The molecule has 0 amide bonds. The van der Waals surface area contributed by atoms with E-state index in [0.29, 0.717) is 11.5 Å². The van der Waals surface area contributed by atoms with E-state index >= 15 is 0 Å². The highest BCUT2D eigenvalue weighted by molar-refractivity contribution is 5.68. The van der Waals surface area contributed by atoms with E-state index in [2.05, 4.69) is 22.9 Å². The number of ether oxygens (including phenoxy) is 2. The van der Waals surface area contributed by atoms with Gasteiger partial charge in [0.05, 0.1) is 7.11 Å². The molecule has 0 unspecified atom stereocenters. The first kappa shape index (κ1) is 19.7. The maximum absolute atomic E-state index is 10.9. The number of pyridine rings is 1. The van der Waals surface area contributed by atoms with E-state index in [1.165, 1.54) is 16.7 Å². The van der Waals surface area contributed by atoms with Crippen molar-refractivity contribution in [1.29, 1.82) is 0 Å². The lowest BCUT2D eigenvalue weighted by atomic mass is 9.79. The summed E-state index contributed by atoms with van der Waals surface area (Å²) in [5, 5.41) is 8.90. The fourth-order valence-electron chi connectivity index (χ4n) is 4.55. The molecular weight excluding hydrogens is 370 g/mol. The Hall–Kier alpha value is -2.64. The summed E-state index contributed by atoms with van der Waals surface area (Å²) >= 11 is 0. The van der Waals surface area contributed by atoms with Crippen LogP contribution in [0, 0.1) is 6.92 Å². The second-order valence-corrected chi connectivity index (χ2v) is 7.91. The van der Waals surface area contributed by atoms with Gasteiger partial charge in [-0.15, -0.1) is 0 Å². The third kappa shape index (κ3) is 3.93. The molecule has 0 bridgehead atoms. The molecule has 0 aliphatic carbocycles. The number of benzene rings is 1. The van der Waals surface area contributed by atoms with Crippen molar-refractivity contribution < 1.29 is 19.4 Å². The fourth-order valence-corrected chi connectivity index (χ4v) is 4.55. The Labute approximate surface area is 170 Å². The summed E-state index contributed by atoms with van der Waals surface area (Å²) in [6.07, 6.45) is 3.58. The van der Waals surface area contributed by atoms with Crippen molar-refractivity contribution in [2.45, 2.75) is 37.8 Å². The third-order valence-electron chi connectivity index (χ3n) is 6.00. The molecule has 3 N–H and O–H groups in total. The first-order valence-corrected chi connectivity index (χ1v) is 9.94. The predicted octanol–water partition coefficient (Wildman–Crippen LogP) is 2.28. The molecule has 1 aromatic heterocycles. The molecule has 2 aliphatic rings. The smallest absolute Gasteiger partial charge is 0.341 e. The molecule has 3 heterocycles. The van der Waals surface area contributed by atoms with E-state index < -0.39 is 5.97 Å². The molecule has 0 spiro atoms. The summed E-state index contributed by atoms with van der Waals surface area (Å²) in [6.45, 7) is 3.50. The standard InChI is InChI=1S/C22H27N3O4/c1-13-3-5-24-18(7-13)16-11-25-6-4-14-8-21(29-12-22(26)27)20(28-2)9-15(14)19(25)10-17(16)23/h3,5,7-9,16-17,19H,4,6,10-12,23H2,1-2H3,(H,26,27)/t16-,17-,19-/m0/s1. The number of aliphatic carboxylic acids is 1. The molecule has 2 aliphatic heterocycles. The van der Waals surface area contributed by atoms with Crippen molar-refractivity contribution in [3.8, 4) is 11.5 Å². The molecule has 154 valence electrons. The number of aryl methyl sites for hydroxylation is 1. The number of hydrogen-bond donors (Lipinski definition) is 2. The third-order valence-corrected chi connectivity index (χ3v) is 6.00. The van der Waals surface area contributed by atoms with Crippen LogP contribution in [-0.2, 0) is 11.2 Å². The number of methoxy groups -OCH3 is 1. The summed E-state index contributed by atoms with van der Waals surface area (Å²) in [6, 6.07) is 8.30. The van der Waals surface area contributed by atoms with E-state index in [9.17, 15) is 4.79 Å². The number of carbonyl (C=O) groups is 1. The van der Waals surface area contributed by atoms with Crippen molar-refractivity contribution in [3.63, 3.8) is 0 Å². The van der Waals surface area contributed by atoms with E-state index in [-0.39, 0.29) is 24.6 Å². The normalized spacial score (nSPS) is 23.8. The Morgan fingerprint density at radius 1 is 1.34 bits per heavy atom. The van der Waals surface area contributed by atoms with Gasteiger partial charge in [0.1, 0.15) is 0 Å². The van der Waals surface area contributed by atoms with Crippen LogP contribution in [0.15, 0.2) is 30.5 Å². The van der Waals surface area contributed by atoms with Crippen LogP contribution in [-0.4, -0.2) is 53.8 Å². The number of fused-ring (bicyclic) bond motifs is 3. The van der Waals surface area contributed by atoms with Crippen LogP contribution < -0.4 is 15.2 Å². The molecule has 7 nitrogen and oxygen atoms in total. The van der Waals surface area contributed by atoms with Gasteiger partial charge >= 0.3 is 5.97 Å². The van der Waals surface area contributed by atoms with Crippen molar-refractivity contribution in [1.82, 2.24) is 9.88 Å². The molecule has 0 saturated carbocycles. The minimum Gasteiger partial charge on any atom is -0.493 e. The molecule has 1 fully saturated rings. The van der Waals surface area contributed by atoms with E-state index in [1.54, 1.807) is 7.11 Å². The number of rotatable bonds is 5. The molecule has 3 atom stereocenters.